The maximum atomic E-state index is 13.6. The largest absolute Gasteiger partial charge is 0.493 e. The number of amides is 4. The number of nitrogens with one attached hydrogen (secondary N) is 3. The molecule has 3 aromatic rings. The van der Waals surface area contributed by atoms with Crippen molar-refractivity contribution in [1.29, 1.82) is 0 Å². The van der Waals surface area contributed by atoms with Crippen molar-refractivity contribution in [3.63, 3.8) is 0 Å². The van der Waals surface area contributed by atoms with Crippen molar-refractivity contribution >= 4 is 57.8 Å². The van der Waals surface area contributed by atoms with Gasteiger partial charge in [0.2, 0.25) is 22.3 Å². The van der Waals surface area contributed by atoms with Gasteiger partial charge in [-0.1, -0.05) is 39.2 Å². The third-order valence-corrected chi connectivity index (χ3v) is 10.3. The lowest BCUT2D eigenvalue weighted by molar-refractivity contribution is -0.171. The smallest absolute Gasteiger partial charge is 0.363 e. The summed E-state index contributed by atoms with van der Waals surface area (Å²) in [7, 11) is -2.19. The first-order valence-electron chi connectivity index (χ1n) is 18.6. The zero-order valence-electron chi connectivity index (χ0n) is 33.3. The van der Waals surface area contributed by atoms with Crippen LogP contribution in [0.3, 0.4) is 0 Å². The van der Waals surface area contributed by atoms with E-state index in [1.54, 1.807) is 13.8 Å². The fourth-order valence-electron chi connectivity index (χ4n) is 5.86. The number of carbonyl (C=O) groups excluding carboxylic acids is 5. The Morgan fingerprint density at radius 3 is 2.19 bits per heavy atom. The number of carbonyl (C=O) groups is 7. The molecular weight excluding hydrogens is 795 g/mol. The Morgan fingerprint density at radius 2 is 1.61 bits per heavy atom. The number of carboxylic acid groups (broad SMARTS) is 2. The summed E-state index contributed by atoms with van der Waals surface area (Å²) in [5, 5.41) is 26.5. The summed E-state index contributed by atoms with van der Waals surface area (Å²) in [6.07, 6.45) is 3.30. The van der Waals surface area contributed by atoms with Gasteiger partial charge in [-0.25, -0.2) is 18.0 Å². The Morgan fingerprint density at radius 1 is 0.915 bits per heavy atom. The van der Waals surface area contributed by atoms with Crippen LogP contribution in [0, 0.1) is 5.92 Å². The Kier molecular flexibility index (Phi) is 17.4. The fourth-order valence-corrected chi connectivity index (χ4v) is 6.37. The second-order valence-electron chi connectivity index (χ2n) is 13.2. The van der Waals surface area contributed by atoms with Crippen LogP contribution in [0.15, 0.2) is 59.0 Å². The third kappa shape index (κ3) is 13.3. The summed E-state index contributed by atoms with van der Waals surface area (Å²) in [6, 6.07) is 10.1. The van der Waals surface area contributed by atoms with Gasteiger partial charge in [0, 0.05) is 12.6 Å². The highest BCUT2D eigenvalue weighted by Gasteiger charge is 2.34. The van der Waals surface area contributed by atoms with Crippen LogP contribution >= 0.6 is 0 Å². The van der Waals surface area contributed by atoms with Crippen LogP contribution in [0.4, 0.5) is 5.69 Å². The molecule has 0 bridgehead atoms. The predicted molar refractivity (Wildman–Crippen MR) is 212 cm³/mol. The van der Waals surface area contributed by atoms with Crippen molar-refractivity contribution in [2.24, 2.45) is 5.92 Å². The molecule has 2 aromatic carbocycles. The van der Waals surface area contributed by atoms with Crippen LogP contribution in [0.25, 0.3) is 11.3 Å². The van der Waals surface area contributed by atoms with Gasteiger partial charge in [-0.05, 0) is 68.3 Å². The molecule has 4 amide bonds. The molecule has 20 heteroatoms. The van der Waals surface area contributed by atoms with Crippen molar-refractivity contribution in [3.05, 3.63) is 71.5 Å². The molecule has 0 saturated carbocycles. The van der Waals surface area contributed by atoms with E-state index in [0.717, 1.165) is 28.5 Å². The number of carboxylic acids is 2. The number of benzene rings is 2. The zero-order chi connectivity index (χ0) is 43.9. The normalized spacial score (nSPS) is 12.6. The molecule has 0 aliphatic rings. The number of rotatable bonds is 24. The van der Waals surface area contributed by atoms with Crippen LogP contribution in [0.2, 0.25) is 0 Å². The van der Waals surface area contributed by atoms with Crippen molar-refractivity contribution in [2.75, 3.05) is 30.9 Å². The molecule has 3 unspecified atom stereocenters. The van der Waals surface area contributed by atoms with E-state index in [1.807, 2.05) is 6.92 Å². The first kappa shape index (κ1) is 46.9. The van der Waals surface area contributed by atoms with Crippen molar-refractivity contribution in [1.82, 2.24) is 21.0 Å². The van der Waals surface area contributed by atoms with E-state index in [9.17, 15) is 47.1 Å². The summed E-state index contributed by atoms with van der Waals surface area (Å²) >= 11 is 0. The Balaban J connectivity index is 1.70. The number of anilines is 1. The molecule has 19 nitrogen and oxygen atoms in total. The molecule has 1 aromatic heterocycles. The number of sulfonamides is 1. The van der Waals surface area contributed by atoms with Crippen LogP contribution in [0.1, 0.15) is 90.6 Å². The zero-order valence-corrected chi connectivity index (χ0v) is 34.1. The lowest BCUT2D eigenvalue weighted by Gasteiger charge is -2.31. The van der Waals surface area contributed by atoms with Crippen molar-refractivity contribution < 1.29 is 66.2 Å². The average molecular weight is 844 g/mol. The van der Waals surface area contributed by atoms with Gasteiger partial charge in [-0.15, -0.1) is 0 Å². The number of nitrogens with zero attached hydrogens (tertiary/aromatic N) is 2. The van der Waals surface area contributed by atoms with E-state index in [2.05, 4.69) is 16.0 Å². The van der Waals surface area contributed by atoms with E-state index in [0.29, 0.717) is 30.5 Å². The van der Waals surface area contributed by atoms with Crippen LogP contribution in [0.5, 0.6) is 5.75 Å². The fraction of sp³-hybridized carbons (Fsp3) is 0.410. The van der Waals surface area contributed by atoms with Gasteiger partial charge < -0.3 is 40.2 Å². The molecular formula is C39H49N5O14S. The molecule has 320 valence electrons. The van der Waals surface area contributed by atoms with E-state index in [4.69, 9.17) is 19.1 Å². The molecule has 0 saturated heterocycles. The quantitative estimate of drug-likeness (QED) is 0.0375. The number of furan rings is 1. The molecule has 0 radical (unpaired) electrons. The van der Waals surface area contributed by atoms with E-state index < -0.39 is 70.1 Å². The Hall–Kier alpha value is -6.44. The lowest BCUT2D eigenvalue weighted by atomic mass is 9.90. The molecule has 1 heterocycles. The Bertz CT molecular complexity index is 2090. The third-order valence-electron chi connectivity index (χ3n) is 9.06. The summed E-state index contributed by atoms with van der Waals surface area (Å²) < 4.78 is 36.1. The molecule has 0 spiro atoms. The molecule has 3 rings (SSSR count). The minimum atomic E-state index is -3.54. The van der Waals surface area contributed by atoms with Crippen LogP contribution < -0.4 is 25.0 Å². The second-order valence-corrected chi connectivity index (χ2v) is 15.2. The predicted octanol–water partition coefficient (Wildman–Crippen LogP) is 3.41. The van der Waals surface area contributed by atoms with Crippen LogP contribution in [-0.4, -0.2) is 104 Å². The van der Waals surface area contributed by atoms with E-state index in [1.165, 1.54) is 61.6 Å². The van der Waals surface area contributed by atoms with Gasteiger partial charge in [0.1, 0.15) is 17.6 Å². The van der Waals surface area contributed by atoms with Crippen LogP contribution in [-0.2, 0) is 34.0 Å². The number of hydrogen-bond donors (Lipinski definition) is 5. The first-order valence-corrected chi connectivity index (χ1v) is 20.5. The SMILES string of the molecule is CCCCCC(C(=O)NCNC(=O)c1ccc(-c2ccc(C(=O)NC(CC(=O)O)C(=O)O)c(OCC)c2)o1)C(CC)N(C=O)OC(=O)c1ccc(N(C)S(C)(=O)=O)cc1. The van der Waals surface area contributed by atoms with Crippen molar-refractivity contribution in [2.45, 2.75) is 71.4 Å². The highest BCUT2D eigenvalue weighted by atomic mass is 32.2. The summed E-state index contributed by atoms with van der Waals surface area (Å²) in [4.78, 5) is 92.7. The molecule has 5 N–H and O–H groups in total. The summed E-state index contributed by atoms with van der Waals surface area (Å²) in [5.41, 5.74) is 0.659. The minimum Gasteiger partial charge on any atom is -0.493 e. The second kappa shape index (κ2) is 21.9. The average Bonchev–Trinajstić information content (AvgIpc) is 3.70. The van der Waals surface area contributed by atoms with Gasteiger partial charge >= 0.3 is 17.9 Å². The van der Waals surface area contributed by atoms with E-state index in [-0.39, 0.29) is 48.1 Å². The number of unbranched alkanes of at least 4 members (excludes halogenated alkanes) is 2. The van der Waals surface area contributed by atoms with Gasteiger partial charge in [0.05, 0.1) is 54.7 Å². The number of aliphatic carboxylic acids is 2. The monoisotopic (exact) mass is 843 g/mol. The van der Waals surface area contributed by atoms with Gasteiger partial charge in [0.15, 0.2) is 5.76 Å². The maximum absolute atomic E-state index is 13.6. The maximum Gasteiger partial charge on any atom is 0.363 e. The molecule has 0 aliphatic carbocycles. The highest BCUT2D eigenvalue weighted by Crippen LogP contribution is 2.30. The minimum absolute atomic E-state index is 0.0351. The molecule has 59 heavy (non-hydrogen) atoms. The Labute approximate surface area is 341 Å². The lowest BCUT2D eigenvalue weighted by Crippen LogP contribution is -2.49. The summed E-state index contributed by atoms with van der Waals surface area (Å²) in [5.74, 6) is -6.67. The molecule has 0 aliphatic heterocycles. The standard InChI is InChI=1S/C39H49N5O14S/c1-6-9-10-11-27(30(7-2)44(23-45)58-39(53)24-12-15-26(16-13-24)43(4)59(5,54)55)35(48)40-22-41-37(50)32-19-18-31(57-32)25-14-17-28(33(20-25)56-8-3)36(49)42-29(38(51)52)21-34(46)47/h12-20,23,27,29-30H,6-11,21-22H2,1-5H3,(H,40,48)(H,41,50)(H,42,49)(H,46,47)(H,51,52). The highest BCUT2D eigenvalue weighted by molar-refractivity contribution is 7.92. The van der Waals surface area contributed by atoms with Gasteiger partial charge in [0.25, 0.3) is 11.8 Å². The van der Waals surface area contributed by atoms with Gasteiger partial charge in [-0.2, -0.15) is 5.06 Å². The molecule has 0 fully saturated rings. The topological polar surface area (TPSA) is 268 Å². The molecule has 3 atom stereocenters. The first-order chi connectivity index (χ1) is 27.9. The number of ether oxygens (including phenoxy) is 1. The van der Waals surface area contributed by atoms with Gasteiger partial charge in [-0.3, -0.25) is 28.3 Å². The number of hydroxylamine groups is 2. The van der Waals surface area contributed by atoms with E-state index >= 15 is 0 Å². The van der Waals surface area contributed by atoms with Crippen molar-refractivity contribution in [3.8, 4) is 17.1 Å². The number of hydrogen-bond acceptors (Lipinski definition) is 12. The summed E-state index contributed by atoms with van der Waals surface area (Å²) in [6.45, 7) is 5.15.